The monoisotopic (exact) mass is 786 g/mol. The van der Waals surface area contributed by atoms with Crippen molar-refractivity contribution >= 4 is 74.8 Å². The van der Waals surface area contributed by atoms with E-state index < -0.39 is 0 Å². The summed E-state index contributed by atoms with van der Waals surface area (Å²) < 4.78 is 0. The van der Waals surface area contributed by atoms with Gasteiger partial charge in [0.05, 0.1) is 0 Å². The van der Waals surface area contributed by atoms with E-state index in [4.69, 9.17) is 0 Å². The molecule has 8 aromatic carbocycles. The molecule has 0 aliphatic rings. The molecule has 50 heavy (non-hydrogen) atoms. The minimum atomic E-state index is 0. The Balaban J connectivity index is 0.000000307. The van der Waals surface area contributed by atoms with Crippen LogP contribution in [0.5, 0.6) is 0 Å². The Morgan fingerprint density at radius 1 is 0.520 bits per heavy atom. The van der Waals surface area contributed by atoms with Gasteiger partial charge < -0.3 is 14.9 Å². The number of rotatable bonds is 3. The van der Waals surface area contributed by atoms with Crippen molar-refractivity contribution in [2.75, 3.05) is 0 Å². The van der Waals surface area contributed by atoms with Crippen LogP contribution in [0.3, 0.4) is 0 Å². The molecule has 0 unspecified atom stereocenters. The molecule has 0 fully saturated rings. The summed E-state index contributed by atoms with van der Waals surface area (Å²) in [5.74, 6) is 0.563. The molecule has 256 valence electrons. The zero-order chi connectivity index (χ0) is 32.4. The SMILES string of the molecule is CC(C)c1cc2c(-c3cccc4ccccc34)cccc2[cH-]1.Cc1cc2c(-c3cccc4ccccc34)cc(C)c(C)c2[cH-]1.Cl.Cl.[CH3-].[CH3-].[Si]=[Zr]. The fourth-order valence-electron chi connectivity index (χ4n) is 6.77. The average Bonchev–Trinajstić information content (AvgIpc) is 3.71. The second-order valence-corrected chi connectivity index (χ2v) is 12.5. The summed E-state index contributed by atoms with van der Waals surface area (Å²) in [6, 6.07) is 48.7. The zero-order valence-electron chi connectivity index (χ0n) is 30.1. The van der Waals surface area contributed by atoms with Gasteiger partial charge in [-0.1, -0.05) is 141 Å². The van der Waals surface area contributed by atoms with Crippen molar-refractivity contribution in [3.63, 3.8) is 0 Å². The molecule has 0 aliphatic carbocycles. The molecule has 2 radical (unpaired) electrons. The second-order valence-electron chi connectivity index (χ2n) is 12.5. The van der Waals surface area contributed by atoms with Crippen molar-refractivity contribution in [2.45, 2.75) is 40.5 Å². The Bertz CT molecular complexity index is 2320. The molecule has 0 bridgehead atoms. The molecule has 0 N–H and O–H groups in total. The van der Waals surface area contributed by atoms with Gasteiger partial charge in [0, 0.05) is 0 Å². The molecule has 0 spiro atoms. The minimum absolute atomic E-state index is 0. The van der Waals surface area contributed by atoms with Crippen molar-refractivity contribution in [1.82, 2.24) is 0 Å². The van der Waals surface area contributed by atoms with Crippen molar-refractivity contribution in [3.8, 4) is 22.3 Å². The third-order valence-electron chi connectivity index (χ3n) is 9.28. The molecular formula is C46H46Cl2SiZr-4. The van der Waals surface area contributed by atoms with Crippen molar-refractivity contribution in [1.29, 1.82) is 0 Å². The Morgan fingerprint density at radius 3 is 1.56 bits per heavy atom. The van der Waals surface area contributed by atoms with E-state index in [1.54, 1.807) is 0 Å². The third kappa shape index (κ3) is 8.43. The number of hydrogen-bond acceptors (Lipinski definition) is 0. The van der Waals surface area contributed by atoms with E-state index in [9.17, 15) is 0 Å². The van der Waals surface area contributed by atoms with E-state index in [1.165, 1.54) is 111 Å². The van der Waals surface area contributed by atoms with Gasteiger partial charge in [0.25, 0.3) is 0 Å². The van der Waals surface area contributed by atoms with E-state index >= 15 is 0 Å². The molecular weight excluding hydrogens is 743 g/mol. The summed E-state index contributed by atoms with van der Waals surface area (Å²) in [7, 11) is 0. The van der Waals surface area contributed by atoms with Crippen LogP contribution < -0.4 is 0 Å². The Labute approximate surface area is 329 Å². The van der Waals surface area contributed by atoms with Gasteiger partial charge in [-0.2, -0.15) is 12.1 Å². The number of halogens is 2. The fraction of sp³-hybridized carbons (Fsp3) is 0.130. The van der Waals surface area contributed by atoms with Crippen LogP contribution in [0.1, 0.15) is 42.0 Å². The van der Waals surface area contributed by atoms with Crippen LogP contribution in [-0.4, -0.2) is 6.88 Å². The normalized spacial score (nSPS) is 10.2. The van der Waals surface area contributed by atoms with Crippen molar-refractivity contribution in [2.24, 2.45) is 0 Å². The van der Waals surface area contributed by atoms with Crippen LogP contribution in [0.25, 0.3) is 65.3 Å². The van der Waals surface area contributed by atoms with Crippen molar-refractivity contribution < 1.29 is 23.3 Å². The molecule has 0 heterocycles. The first-order valence-corrected chi connectivity index (χ1v) is 20.2. The van der Waals surface area contributed by atoms with Gasteiger partial charge in [-0.05, 0) is 45.5 Å². The first-order chi connectivity index (χ1) is 22.4. The summed E-state index contributed by atoms with van der Waals surface area (Å²) in [5, 5.41) is 10.7. The van der Waals surface area contributed by atoms with Crippen LogP contribution in [0.15, 0.2) is 133 Å². The zero-order valence-corrected chi connectivity index (χ0v) is 35.2. The first kappa shape index (κ1) is 42.9. The summed E-state index contributed by atoms with van der Waals surface area (Å²) in [4.78, 5) is 0. The molecule has 0 atom stereocenters. The molecule has 0 aliphatic heterocycles. The number of fused-ring (bicyclic) bond motifs is 4. The van der Waals surface area contributed by atoms with Gasteiger partial charge in [-0.15, -0.1) is 87.3 Å². The maximum absolute atomic E-state index is 3.06. The van der Waals surface area contributed by atoms with Gasteiger partial charge in [0.1, 0.15) is 0 Å². The fourth-order valence-corrected chi connectivity index (χ4v) is 6.77. The quantitative estimate of drug-likeness (QED) is 0.124. The van der Waals surface area contributed by atoms with Gasteiger partial charge in [0.15, 0.2) is 0 Å². The van der Waals surface area contributed by atoms with E-state index in [-0.39, 0.29) is 39.7 Å². The summed E-state index contributed by atoms with van der Waals surface area (Å²) >= 11 is 1.36. The summed E-state index contributed by atoms with van der Waals surface area (Å²) in [5.41, 5.74) is 10.9. The molecule has 0 amide bonds. The van der Waals surface area contributed by atoms with Crippen LogP contribution >= 0.6 is 24.8 Å². The van der Waals surface area contributed by atoms with E-state index in [0.29, 0.717) is 5.92 Å². The first-order valence-electron chi connectivity index (χ1n) is 16.0. The predicted octanol–water partition coefficient (Wildman–Crippen LogP) is 14.2. The number of aryl methyl sites for hydroxylation is 3. The standard InChI is InChI=1S/2C22H19.2CH3.2ClH.Si.Zr/c1-14-11-20-16(3)15(2)13-22(21(20)12-14)19-10-6-8-17-7-4-5-9-18(17)19;1-15(2)18-13-17-9-6-12-21(22(17)14-18)20-11-5-8-16-7-3-4-10-19(16)20;;;;;;/h4-13H,1-3H3;3-15H,1-2H3;2*1H3;2*1H;;/q4*-1;;;;. The van der Waals surface area contributed by atoms with E-state index in [0.717, 1.165) is 0 Å². The number of hydrogen-bond donors (Lipinski definition) is 0. The Hall–Kier alpha value is -3.26. The van der Waals surface area contributed by atoms with Gasteiger partial charge in [0.2, 0.25) is 0 Å². The molecule has 8 rings (SSSR count). The van der Waals surface area contributed by atoms with E-state index in [1.807, 2.05) is 0 Å². The van der Waals surface area contributed by atoms with Gasteiger partial charge in [-0.25, -0.2) is 0 Å². The summed E-state index contributed by atoms with van der Waals surface area (Å²) in [6.07, 6.45) is 0. The third-order valence-corrected chi connectivity index (χ3v) is 9.28. The van der Waals surface area contributed by atoms with Crippen LogP contribution in [0, 0.1) is 35.6 Å². The number of benzene rings is 6. The predicted molar refractivity (Wildman–Crippen MR) is 226 cm³/mol. The van der Waals surface area contributed by atoms with Crippen LogP contribution in [-0.2, 0) is 23.3 Å². The van der Waals surface area contributed by atoms with Gasteiger partial charge >= 0.3 is 30.2 Å². The molecule has 0 saturated carbocycles. The van der Waals surface area contributed by atoms with Crippen LogP contribution in [0.4, 0.5) is 0 Å². The average molecular weight is 789 g/mol. The molecule has 4 heteroatoms. The van der Waals surface area contributed by atoms with Crippen molar-refractivity contribution in [3.05, 3.63) is 171 Å². The summed E-state index contributed by atoms with van der Waals surface area (Å²) in [6.45, 7) is 14.2. The van der Waals surface area contributed by atoms with E-state index in [2.05, 4.69) is 175 Å². The Kier molecular flexibility index (Phi) is 16.2. The van der Waals surface area contributed by atoms with Crippen LogP contribution in [0.2, 0.25) is 0 Å². The second kappa shape index (κ2) is 18.8. The van der Waals surface area contributed by atoms with Gasteiger partial charge in [-0.3, -0.25) is 0 Å². The molecule has 8 aromatic rings. The molecule has 0 aromatic heterocycles. The Morgan fingerprint density at radius 2 is 1.00 bits per heavy atom. The topological polar surface area (TPSA) is 0 Å². The maximum atomic E-state index is 3.06. The molecule has 0 saturated heterocycles. The molecule has 0 nitrogen and oxygen atoms in total.